The number of para-hydroxylation sites is 1. The third kappa shape index (κ3) is 5.54. The van der Waals surface area contributed by atoms with Crippen molar-refractivity contribution in [1.29, 1.82) is 0 Å². The molecule has 1 saturated heterocycles. The number of thioether (sulfide) groups is 1. The van der Waals surface area contributed by atoms with Gasteiger partial charge in [0.05, 0.1) is 11.3 Å². The first-order valence-electron chi connectivity index (χ1n) is 11.2. The standard InChI is InChI=1S/C24H31N3O2S/c28-23(11-5-6-19-16-20-7-1-4-10-22(20)25-17-19)26-12-14-27(15-13-26)24(29)18-30-21-8-2-3-9-21/h1,4,7,10,16-17,21H,2-3,5-6,8-9,11-15,18H2. The van der Waals surface area contributed by atoms with Crippen molar-refractivity contribution in [3.8, 4) is 0 Å². The molecule has 0 spiro atoms. The van der Waals surface area contributed by atoms with Gasteiger partial charge in [0.1, 0.15) is 0 Å². The SMILES string of the molecule is O=C(CCCc1cnc2ccccc2c1)N1CCN(C(=O)CSC2CCCC2)CC1. The molecular weight excluding hydrogens is 394 g/mol. The number of hydrogen-bond donors (Lipinski definition) is 0. The lowest BCUT2D eigenvalue weighted by Crippen LogP contribution is -2.51. The van der Waals surface area contributed by atoms with E-state index in [0.717, 1.165) is 23.7 Å². The molecule has 1 saturated carbocycles. The third-order valence-electron chi connectivity index (χ3n) is 6.23. The smallest absolute Gasteiger partial charge is 0.232 e. The Morgan fingerprint density at radius 2 is 1.70 bits per heavy atom. The van der Waals surface area contributed by atoms with Crippen LogP contribution in [0.25, 0.3) is 10.9 Å². The zero-order valence-corrected chi connectivity index (χ0v) is 18.4. The van der Waals surface area contributed by atoms with Crippen molar-refractivity contribution in [2.75, 3.05) is 31.9 Å². The second-order valence-electron chi connectivity index (χ2n) is 8.37. The van der Waals surface area contributed by atoms with E-state index in [1.807, 2.05) is 46.0 Å². The van der Waals surface area contributed by atoms with Crippen LogP contribution in [0.1, 0.15) is 44.1 Å². The topological polar surface area (TPSA) is 53.5 Å². The summed E-state index contributed by atoms with van der Waals surface area (Å²) in [5.74, 6) is 1.04. The molecule has 160 valence electrons. The quantitative estimate of drug-likeness (QED) is 0.675. The van der Waals surface area contributed by atoms with E-state index in [0.29, 0.717) is 43.6 Å². The summed E-state index contributed by atoms with van der Waals surface area (Å²) in [6, 6.07) is 10.3. The number of carbonyl (C=O) groups is 2. The van der Waals surface area contributed by atoms with E-state index in [9.17, 15) is 9.59 Å². The Kier molecular flexibility index (Phi) is 7.26. The normalized spacial score (nSPS) is 17.6. The Balaban J connectivity index is 1.16. The summed E-state index contributed by atoms with van der Waals surface area (Å²) in [7, 11) is 0. The molecule has 0 atom stereocenters. The summed E-state index contributed by atoms with van der Waals surface area (Å²) in [6.45, 7) is 2.67. The maximum absolute atomic E-state index is 12.6. The summed E-state index contributed by atoms with van der Waals surface area (Å²) < 4.78 is 0. The maximum atomic E-state index is 12.6. The Morgan fingerprint density at radius 3 is 2.47 bits per heavy atom. The van der Waals surface area contributed by atoms with Crippen LogP contribution in [0.4, 0.5) is 0 Å². The van der Waals surface area contributed by atoms with Gasteiger partial charge in [0, 0.05) is 49.4 Å². The van der Waals surface area contributed by atoms with Crippen LogP contribution in [-0.2, 0) is 16.0 Å². The molecule has 1 aliphatic heterocycles. The minimum Gasteiger partial charge on any atom is -0.339 e. The average Bonchev–Trinajstić information content (AvgIpc) is 3.31. The van der Waals surface area contributed by atoms with Gasteiger partial charge in [-0.05, 0) is 43.4 Å². The number of rotatable bonds is 7. The number of aryl methyl sites for hydroxylation is 1. The molecule has 30 heavy (non-hydrogen) atoms. The average molecular weight is 426 g/mol. The number of piperazine rings is 1. The number of hydrogen-bond acceptors (Lipinski definition) is 4. The molecule has 5 nitrogen and oxygen atoms in total. The van der Waals surface area contributed by atoms with Gasteiger partial charge < -0.3 is 9.80 Å². The predicted octanol–water partition coefficient (Wildman–Crippen LogP) is 3.90. The summed E-state index contributed by atoms with van der Waals surface area (Å²) in [5.41, 5.74) is 2.18. The second-order valence-corrected chi connectivity index (χ2v) is 9.66. The van der Waals surface area contributed by atoms with Gasteiger partial charge in [-0.15, -0.1) is 11.8 Å². The zero-order chi connectivity index (χ0) is 20.8. The van der Waals surface area contributed by atoms with Crippen molar-refractivity contribution in [1.82, 2.24) is 14.8 Å². The summed E-state index contributed by atoms with van der Waals surface area (Å²) >= 11 is 1.83. The lowest BCUT2D eigenvalue weighted by atomic mass is 10.1. The number of benzene rings is 1. The lowest BCUT2D eigenvalue weighted by Gasteiger charge is -2.35. The molecule has 2 heterocycles. The molecule has 2 aliphatic rings. The monoisotopic (exact) mass is 425 g/mol. The van der Waals surface area contributed by atoms with Gasteiger partial charge in [-0.2, -0.15) is 0 Å². The van der Waals surface area contributed by atoms with Gasteiger partial charge in [0.15, 0.2) is 0 Å². The number of nitrogens with zero attached hydrogens (tertiary/aromatic N) is 3. The van der Waals surface area contributed by atoms with Gasteiger partial charge in [-0.25, -0.2) is 0 Å². The van der Waals surface area contributed by atoms with Crippen molar-refractivity contribution in [2.45, 2.75) is 50.2 Å². The predicted molar refractivity (Wildman–Crippen MR) is 123 cm³/mol. The van der Waals surface area contributed by atoms with Crippen molar-refractivity contribution in [2.24, 2.45) is 0 Å². The zero-order valence-electron chi connectivity index (χ0n) is 17.6. The number of amides is 2. The Hall–Kier alpha value is -2.08. The molecule has 1 aliphatic carbocycles. The third-order valence-corrected chi connectivity index (χ3v) is 7.59. The van der Waals surface area contributed by atoms with E-state index in [1.54, 1.807) is 0 Å². The highest BCUT2D eigenvalue weighted by molar-refractivity contribution is 8.00. The van der Waals surface area contributed by atoms with E-state index >= 15 is 0 Å². The van der Waals surface area contributed by atoms with E-state index < -0.39 is 0 Å². The molecule has 0 unspecified atom stereocenters. The Labute approximate surface area is 183 Å². The first-order chi connectivity index (χ1) is 14.7. The highest BCUT2D eigenvalue weighted by Gasteiger charge is 2.25. The Bertz CT molecular complexity index is 874. The van der Waals surface area contributed by atoms with Crippen molar-refractivity contribution >= 4 is 34.5 Å². The van der Waals surface area contributed by atoms with Crippen molar-refractivity contribution in [3.05, 3.63) is 42.1 Å². The molecule has 0 bridgehead atoms. The van der Waals surface area contributed by atoms with Gasteiger partial charge in [-0.3, -0.25) is 14.6 Å². The molecular formula is C24H31N3O2S. The van der Waals surface area contributed by atoms with Gasteiger partial charge in [0.2, 0.25) is 11.8 Å². The molecule has 1 aromatic carbocycles. The molecule has 2 fully saturated rings. The summed E-state index contributed by atoms with van der Waals surface area (Å²) in [6.07, 6.45) is 9.30. The highest BCUT2D eigenvalue weighted by Crippen LogP contribution is 2.29. The van der Waals surface area contributed by atoms with Gasteiger partial charge in [-0.1, -0.05) is 31.0 Å². The van der Waals surface area contributed by atoms with Gasteiger partial charge in [0.25, 0.3) is 0 Å². The van der Waals surface area contributed by atoms with Crippen LogP contribution < -0.4 is 0 Å². The molecule has 4 rings (SSSR count). The number of pyridine rings is 1. The van der Waals surface area contributed by atoms with Crippen molar-refractivity contribution < 1.29 is 9.59 Å². The summed E-state index contributed by atoms with van der Waals surface area (Å²) in [5, 5.41) is 1.82. The molecule has 0 radical (unpaired) electrons. The van der Waals surface area contributed by atoms with E-state index in [-0.39, 0.29) is 11.8 Å². The van der Waals surface area contributed by atoms with Crippen molar-refractivity contribution in [3.63, 3.8) is 0 Å². The summed E-state index contributed by atoms with van der Waals surface area (Å²) in [4.78, 5) is 33.4. The minimum atomic E-state index is 0.205. The van der Waals surface area contributed by atoms with Crippen LogP contribution in [0.2, 0.25) is 0 Å². The molecule has 0 N–H and O–H groups in total. The maximum Gasteiger partial charge on any atom is 0.232 e. The molecule has 1 aromatic heterocycles. The first-order valence-corrected chi connectivity index (χ1v) is 12.2. The van der Waals surface area contributed by atoms with Crippen LogP contribution in [0.5, 0.6) is 0 Å². The van der Waals surface area contributed by atoms with Crippen LogP contribution in [0, 0.1) is 0 Å². The van der Waals surface area contributed by atoms with E-state index in [4.69, 9.17) is 0 Å². The minimum absolute atomic E-state index is 0.205. The van der Waals surface area contributed by atoms with E-state index in [1.165, 1.54) is 31.2 Å². The fourth-order valence-electron chi connectivity index (χ4n) is 4.40. The highest BCUT2D eigenvalue weighted by atomic mass is 32.2. The fourth-order valence-corrected chi connectivity index (χ4v) is 5.62. The largest absolute Gasteiger partial charge is 0.339 e. The van der Waals surface area contributed by atoms with Crippen LogP contribution in [0.15, 0.2) is 36.5 Å². The first kappa shape index (κ1) is 21.2. The second kappa shape index (κ2) is 10.3. The molecule has 2 amide bonds. The van der Waals surface area contributed by atoms with Gasteiger partial charge >= 0.3 is 0 Å². The Morgan fingerprint density at radius 1 is 1.00 bits per heavy atom. The lowest BCUT2D eigenvalue weighted by molar-refractivity contribution is -0.138. The number of carbonyl (C=O) groups excluding carboxylic acids is 2. The van der Waals surface area contributed by atoms with Crippen LogP contribution in [-0.4, -0.2) is 63.8 Å². The van der Waals surface area contributed by atoms with Crippen LogP contribution in [0.3, 0.4) is 0 Å². The molecule has 2 aromatic rings. The van der Waals surface area contributed by atoms with E-state index in [2.05, 4.69) is 17.1 Å². The molecule has 6 heteroatoms. The number of fused-ring (bicyclic) bond motifs is 1. The van der Waals surface area contributed by atoms with Crippen LogP contribution >= 0.6 is 11.8 Å². The number of aromatic nitrogens is 1. The fraction of sp³-hybridized carbons (Fsp3) is 0.542.